The summed E-state index contributed by atoms with van der Waals surface area (Å²) in [6.45, 7) is 5.91. The number of hydrogen-bond donors (Lipinski definition) is 3. The van der Waals surface area contributed by atoms with Crippen LogP contribution >= 0.6 is 0 Å². The van der Waals surface area contributed by atoms with Crippen LogP contribution in [-0.2, 0) is 4.74 Å². The number of rotatable bonds is 4. The summed E-state index contributed by atoms with van der Waals surface area (Å²) in [7, 11) is 0. The lowest BCUT2D eigenvalue weighted by molar-refractivity contribution is 0.0452. The molecule has 1 heterocycles. The standard InChI is InChI=1S/C11H23N3O2/c1-8(2)14-11(15)13-6-10(12)9-4-3-5-16-7-9/h8-10H,3-7,12H2,1-2H3,(H2,13,14,15). The average molecular weight is 229 g/mol. The molecule has 16 heavy (non-hydrogen) atoms. The Morgan fingerprint density at radius 3 is 2.88 bits per heavy atom. The highest BCUT2D eigenvalue weighted by Crippen LogP contribution is 2.15. The van der Waals surface area contributed by atoms with Gasteiger partial charge in [-0.15, -0.1) is 0 Å². The van der Waals surface area contributed by atoms with Gasteiger partial charge in [-0.2, -0.15) is 0 Å². The molecule has 5 nitrogen and oxygen atoms in total. The van der Waals surface area contributed by atoms with Gasteiger partial charge in [0.05, 0.1) is 6.61 Å². The van der Waals surface area contributed by atoms with Crippen LogP contribution < -0.4 is 16.4 Å². The van der Waals surface area contributed by atoms with E-state index in [-0.39, 0.29) is 18.1 Å². The number of ether oxygens (including phenoxy) is 1. The first-order valence-corrected chi connectivity index (χ1v) is 5.97. The lowest BCUT2D eigenvalue weighted by atomic mass is 9.94. The molecule has 0 saturated carbocycles. The van der Waals surface area contributed by atoms with Crippen molar-refractivity contribution in [1.82, 2.24) is 10.6 Å². The normalized spacial score (nSPS) is 22.9. The van der Waals surface area contributed by atoms with Gasteiger partial charge >= 0.3 is 6.03 Å². The van der Waals surface area contributed by atoms with Gasteiger partial charge in [0.25, 0.3) is 0 Å². The smallest absolute Gasteiger partial charge is 0.315 e. The Bertz CT molecular complexity index is 215. The second-order valence-electron chi connectivity index (χ2n) is 4.65. The van der Waals surface area contributed by atoms with Crippen molar-refractivity contribution in [2.24, 2.45) is 11.7 Å². The van der Waals surface area contributed by atoms with E-state index < -0.39 is 0 Å². The molecule has 0 radical (unpaired) electrons. The number of carbonyl (C=O) groups is 1. The third-order valence-electron chi connectivity index (χ3n) is 2.72. The number of urea groups is 1. The molecule has 1 aliphatic rings. The Labute approximate surface area is 97.1 Å². The van der Waals surface area contributed by atoms with Gasteiger partial charge in [0.15, 0.2) is 0 Å². The average Bonchev–Trinajstić information content (AvgIpc) is 2.26. The topological polar surface area (TPSA) is 76.4 Å². The fourth-order valence-electron chi connectivity index (χ4n) is 1.79. The van der Waals surface area contributed by atoms with Gasteiger partial charge in [0.1, 0.15) is 0 Å². The van der Waals surface area contributed by atoms with Crippen LogP contribution in [0.2, 0.25) is 0 Å². The molecular formula is C11H23N3O2. The Balaban J connectivity index is 2.18. The summed E-state index contributed by atoms with van der Waals surface area (Å²) in [4.78, 5) is 11.3. The second-order valence-corrected chi connectivity index (χ2v) is 4.65. The lowest BCUT2D eigenvalue weighted by Crippen LogP contribution is -2.48. The second kappa shape index (κ2) is 6.70. The van der Waals surface area contributed by atoms with E-state index in [1.54, 1.807) is 0 Å². The summed E-state index contributed by atoms with van der Waals surface area (Å²) in [5, 5.41) is 5.54. The molecule has 1 saturated heterocycles. The van der Waals surface area contributed by atoms with E-state index in [1.165, 1.54) is 0 Å². The van der Waals surface area contributed by atoms with Crippen LogP contribution in [0.15, 0.2) is 0 Å². The summed E-state index contributed by atoms with van der Waals surface area (Å²) >= 11 is 0. The molecule has 1 aliphatic heterocycles. The molecule has 0 aliphatic carbocycles. The Hall–Kier alpha value is -0.810. The van der Waals surface area contributed by atoms with Gasteiger partial charge in [-0.25, -0.2) is 4.79 Å². The first-order valence-electron chi connectivity index (χ1n) is 5.97. The van der Waals surface area contributed by atoms with Gasteiger partial charge < -0.3 is 21.1 Å². The van der Waals surface area contributed by atoms with Gasteiger partial charge in [-0.3, -0.25) is 0 Å². The molecule has 94 valence electrons. The van der Waals surface area contributed by atoms with Crippen molar-refractivity contribution in [1.29, 1.82) is 0 Å². The largest absolute Gasteiger partial charge is 0.381 e. The molecule has 2 unspecified atom stereocenters. The third kappa shape index (κ3) is 4.81. The van der Waals surface area contributed by atoms with Gasteiger partial charge in [0, 0.05) is 25.2 Å². The van der Waals surface area contributed by atoms with Crippen LogP contribution in [0.4, 0.5) is 4.79 Å². The van der Waals surface area contributed by atoms with Crippen molar-refractivity contribution >= 4 is 6.03 Å². The fourth-order valence-corrected chi connectivity index (χ4v) is 1.79. The molecule has 0 bridgehead atoms. The molecule has 5 heteroatoms. The van der Waals surface area contributed by atoms with Crippen molar-refractivity contribution in [3.63, 3.8) is 0 Å². The molecule has 0 aromatic heterocycles. The van der Waals surface area contributed by atoms with E-state index in [0.717, 1.165) is 19.4 Å². The summed E-state index contributed by atoms with van der Waals surface area (Å²) in [5.41, 5.74) is 6.01. The molecule has 0 aromatic rings. The molecule has 0 spiro atoms. The van der Waals surface area contributed by atoms with E-state index in [9.17, 15) is 4.79 Å². The maximum Gasteiger partial charge on any atom is 0.315 e. The van der Waals surface area contributed by atoms with Crippen molar-refractivity contribution in [2.45, 2.75) is 38.8 Å². The van der Waals surface area contributed by atoms with Crippen LogP contribution in [0.1, 0.15) is 26.7 Å². The number of amides is 2. The van der Waals surface area contributed by atoms with Crippen molar-refractivity contribution in [2.75, 3.05) is 19.8 Å². The monoisotopic (exact) mass is 229 g/mol. The van der Waals surface area contributed by atoms with Crippen molar-refractivity contribution in [3.8, 4) is 0 Å². The maximum atomic E-state index is 11.3. The van der Waals surface area contributed by atoms with Crippen molar-refractivity contribution < 1.29 is 9.53 Å². The van der Waals surface area contributed by atoms with E-state index in [1.807, 2.05) is 13.8 Å². The molecule has 1 fully saturated rings. The summed E-state index contributed by atoms with van der Waals surface area (Å²) in [5.74, 6) is 0.369. The molecule has 1 rings (SSSR count). The van der Waals surface area contributed by atoms with E-state index in [0.29, 0.717) is 19.1 Å². The lowest BCUT2D eigenvalue weighted by Gasteiger charge is -2.27. The number of hydrogen-bond acceptors (Lipinski definition) is 3. The zero-order chi connectivity index (χ0) is 12.0. The predicted molar refractivity (Wildman–Crippen MR) is 63.2 cm³/mol. The zero-order valence-electron chi connectivity index (χ0n) is 10.2. The summed E-state index contributed by atoms with van der Waals surface area (Å²) < 4.78 is 5.37. The predicted octanol–water partition coefficient (Wildman–Crippen LogP) is 0.448. The minimum atomic E-state index is -0.151. The minimum Gasteiger partial charge on any atom is -0.381 e. The number of nitrogens with one attached hydrogen (secondary N) is 2. The summed E-state index contributed by atoms with van der Waals surface area (Å²) in [6.07, 6.45) is 2.16. The first kappa shape index (κ1) is 13.3. The van der Waals surface area contributed by atoms with E-state index in [4.69, 9.17) is 10.5 Å². The van der Waals surface area contributed by atoms with Gasteiger partial charge in [-0.1, -0.05) is 0 Å². The molecule has 2 atom stereocenters. The molecular weight excluding hydrogens is 206 g/mol. The quantitative estimate of drug-likeness (QED) is 0.655. The highest BCUT2D eigenvalue weighted by Gasteiger charge is 2.21. The number of carbonyl (C=O) groups excluding carboxylic acids is 1. The SMILES string of the molecule is CC(C)NC(=O)NCC(N)C1CCCOC1. The van der Waals surface area contributed by atoms with Crippen LogP contribution in [0.3, 0.4) is 0 Å². The van der Waals surface area contributed by atoms with Gasteiger partial charge in [-0.05, 0) is 32.6 Å². The minimum absolute atomic E-state index is 0.0155. The number of nitrogens with two attached hydrogens (primary N) is 1. The van der Waals surface area contributed by atoms with Crippen LogP contribution in [-0.4, -0.2) is 37.9 Å². The molecule has 4 N–H and O–H groups in total. The zero-order valence-corrected chi connectivity index (χ0v) is 10.2. The Morgan fingerprint density at radius 2 is 2.31 bits per heavy atom. The molecule has 0 aromatic carbocycles. The summed E-state index contributed by atoms with van der Waals surface area (Å²) in [6, 6.07) is -0.0189. The Morgan fingerprint density at radius 1 is 1.56 bits per heavy atom. The third-order valence-corrected chi connectivity index (χ3v) is 2.72. The highest BCUT2D eigenvalue weighted by molar-refractivity contribution is 5.74. The van der Waals surface area contributed by atoms with Gasteiger partial charge in [0.2, 0.25) is 0 Å². The fraction of sp³-hybridized carbons (Fsp3) is 0.909. The van der Waals surface area contributed by atoms with Crippen LogP contribution in [0, 0.1) is 5.92 Å². The van der Waals surface area contributed by atoms with E-state index >= 15 is 0 Å². The first-order chi connectivity index (χ1) is 7.59. The Kier molecular flexibility index (Phi) is 5.55. The van der Waals surface area contributed by atoms with Crippen LogP contribution in [0.5, 0.6) is 0 Å². The van der Waals surface area contributed by atoms with Crippen molar-refractivity contribution in [3.05, 3.63) is 0 Å². The van der Waals surface area contributed by atoms with E-state index in [2.05, 4.69) is 10.6 Å². The van der Waals surface area contributed by atoms with Crippen LogP contribution in [0.25, 0.3) is 0 Å². The maximum absolute atomic E-state index is 11.3. The molecule has 2 amide bonds. The highest BCUT2D eigenvalue weighted by atomic mass is 16.5.